The van der Waals surface area contributed by atoms with Crippen molar-refractivity contribution in [3.8, 4) is 5.75 Å². The maximum atomic E-state index is 5.98. The molecule has 4 heteroatoms. The molecule has 0 saturated carbocycles. The van der Waals surface area contributed by atoms with E-state index in [-0.39, 0.29) is 0 Å². The largest absolute Gasteiger partial charge is 0.494 e. The molecule has 0 fully saturated rings. The second-order valence-corrected chi connectivity index (χ2v) is 5.74. The van der Waals surface area contributed by atoms with E-state index in [2.05, 4.69) is 28.2 Å². The van der Waals surface area contributed by atoms with E-state index in [9.17, 15) is 0 Å². The molecule has 0 aliphatic heterocycles. The van der Waals surface area contributed by atoms with Crippen LogP contribution in [0.2, 0.25) is 5.02 Å². The van der Waals surface area contributed by atoms with Gasteiger partial charge in [-0.25, -0.2) is 0 Å². The number of benzene rings is 2. The van der Waals surface area contributed by atoms with Gasteiger partial charge < -0.3 is 10.1 Å². The molecule has 106 valence electrons. The van der Waals surface area contributed by atoms with Gasteiger partial charge in [-0.2, -0.15) is 0 Å². The highest BCUT2D eigenvalue weighted by Crippen LogP contribution is 2.24. The van der Waals surface area contributed by atoms with Crippen molar-refractivity contribution in [1.29, 1.82) is 0 Å². The zero-order chi connectivity index (χ0) is 14.4. The number of hydrogen-bond donors (Lipinski definition) is 1. The van der Waals surface area contributed by atoms with Crippen molar-refractivity contribution in [2.75, 3.05) is 11.9 Å². The number of anilines is 1. The van der Waals surface area contributed by atoms with Gasteiger partial charge in [-0.15, -0.1) is 0 Å². The zero-order valence-corrected chi connectivity index (χ0v) is 13.7. The van der Waals surface area contributed by atoms with Gasteiger partial charge in [0.25, 0.3) is 0 Å². The number of rotatable bonds is 6. The average molecular weight is 355 g/mol. The molecule has 2 aromatic rings. The quantitative estimate of drug-likeness (QED) is 0.739. The van der Waals surface area contributed by atoms with Crippen LogP contribution < -0.4 is 10.1 Å². The minimum absolute atomic E-state index is 0.726. The SMILES string of the molecule is CCCOc1cccc(NCc2ccc(Cl)c(Br)c2)c1. The van der Waals surface area contributed by atoms with Gasteiger partial charge >= 0.3 is 0 Å². The van der Waals surface area contributed by atoms with Crippen LogP contribution >= 0.6 is 27.5 Å². The number of hydrogen-bond acceptors (Lipinski definition) is 2. The van der Waals surface area contributed by atoms with E-state index >= 15 is 0 Å². The molecule has 1 N–H and O–H groups in total. The first-order valence-corrected chi connectivity index (χ1v) is 7.77. The molecule has 0 saturated heterocycles. The summed E-state index contributed by atoms with van der Waals surface area (Å²) < 4.78 is 6.53. The van der Waals surface area contributed by atoms with Gasteiger partial charge in [0.1, 0.15) is 5.75 Å². The normalized spacial score (nSPS) is 10.3. The summed E-state index contributed by atoms with van der Waals surface area (Å²) in [5, 5.41) is 4.11. The molecule has 2 nitrogen and oxygen atoms in total. The Morgan fingerprint density at radius 2 is 2.05 bits per heavy atom. The molecule has 0 aliphatic rings. The molecular formula is C16H17BrClNO. The summed E-state index contributed by atoms with van der Waals surface area (Å²) in [6.45, 7) is 3.58. The fourth-order valence-corrected chi connectivity index (χ4v) is 2.31. The maximum absolute atomic E-state index is 5.98. The summed E-state index contributed by atoms with van der Waals surface area (Å²) in [6.07, 6.45) is 1.01. The van der Waals surface area contributed by atoms with Crippen molar-refractivity contribution in [2.24, 2.45) is 0 Å². The topological polar surface area (TPSA) is 21.3 Å². The molecule has 0 heterocycles. The van der Waals surface area contributed by atoms with Gasteiger partial charge in [-0.3, -0.25) is 0 Å². The van der Waals surface area contributed by atoms with Gasteiger partial charge in [0.15, 0.2) is 0 Å². The minimum Gasteiger partial charge on any atom is -0.494 e. The molecular weight excluding hydrogens is 338 g/mol. The molecule has 0 unspecified atom stereocenters. The molecule has 0 bridgehead atoms. The Kier molecular flexibility index (Phi) is 5.74. The highest BCUT2D eigenvalue weighted by Gasteiger charge is 2.00. The Morgan fingerprint density at radius 1 is 1.20 bits per heavy atom. The molecule has 0 aromatic heterocycles. The summed E-state index contributed by atoms with van der Waals surface area (Å²) in [7, 11) is 0. The van der Waals surface area contributed by atoms with Crippen LogP contribution in [0.1, 0.15) is 18.9 Å². The average Bonchev–Trinajstić information content (AvgIpc) is 2.47. The monoisotopic (exact) mass is 353 g/mol. The highest BCUT2D eigenvalue weighted by atomic mass is 79.9. The van der Waals surface area contributed by atoms with Crippen LogP contribution in [-0.4, -0.2) is 6.61 Å². The van der Waals surface area contributed by atoms with Crippen molar-refractivity contribution in [2.45, 2.75) is 19.9 Å². The minimum atomic E-state index is 0.726. The van der Waals surface area contributed by atoms with Crippen molar-refractivity contribution in [3.05, 3.63) is 57.5 Å². The fraction of sp³-hybridized carbons (Fsp3) is 0.250. The van der Waals surface area contributed by atoms with Crippen molar-refractivity contribution < 1.29 is 4.74 Å². The van der Waals surface area contributed by atoms with Gasteiger partial charge in [0, 0.05) is 22.8 Å². The van der Waals surface area contributed by atoms with Gasteiger partial charge in [-0.05, 0) is 52.2 Å². The Bertz CT molecular complexity index is 574. The van der Waals surface area contributed by atoms with E-state index in [1.807, 2.05) is 42.5 Å². The molecule has 0 aliphatic carbocycles. The molecule has 0 atom stereocenters. The first-order chi connectivity index (χ1) is 9.69. The van der Waals surface area contributed by atoms with E-state index in [1.165, 1.54) is 5.56 Å². The van der Waals surface area contributed by atoms with E-state index in [0.717, 1.165) is 40.5 Å². The Hall–Kier alpha value is -1.19. The second kappa shape index (κ2) is 7.55. The van der Waals surface area contributed by atoms with Crippen LogP contribution in [0.4, 0.5) is 5.69 Å². The van der Waals surface area contributed by atoms with Crippen LogP contribution in [0.25, 0.3) is 0 Å². The molecule has 20 heavy (non-hydrogen) atoms. The van der Waals surface area contributed by atoms with Gasteiger partial charge in [0.2, 0.25) is 0 Å². The smallest absolute Gasteiger partial charge is 0.121 e. The lowest BCUT2D eigenvalue weighted by atomic mass is 10.2. The van der Waals surface area contributed by atoms with Crippen molar-refractivity contribution >= 4 is 33.2 Å². The highest BCUT2D eigenvalue weighted by molar-refractivity contribution is 9.10. The number of nitrogens with one attached hydrogen (secondary N) is 1. The van der Waals surface area contributed by atoms with E-state index in [4.69, 9.17) is 16.3 Å². The third kappa shape index (κ3) is 4.43. The standard InChI is InChI=1S/C16H17BrClNO/c1-2-8-20-14-5-3-4-13(10-14)19-11-12-6-7-16(18)15(17)9-12/h3-7,9-10,19H,2,8,11H2,1H3. The third-order valence-corrected chi connectivity index (χ3v) is 4.00. The molecule has 2 rings (SSSR count). The summed E-state index contributed by atoms with van der Waals surface area (Å²) >= 11 is 9.42. The van der Waals surface area contributed by atoms with Crippen molar-refractivity contribution in [1.82, 2.24) is 0 Å². The predicted molar refractivity (Wildman–Crippen MR) is 88.7 cm³/mol. The first-order valence-electron chi connectivity index (χ1n) is 6.59. The molecule has 2 aromatic carbocycles. The second-order valence-electron chi connectivity index (χ2n) is 4.48. The Morgan fingerprint density at radius 3 is 2.80 bits per heavy atom. The lowest BCUT2D eigenvalue weighted by Crippen LogP contribution is -2.00. The molecule has 0 amide bonds. The van der Waals surface area contributed by atoms with Crippen molar-refractivity contribution in [3.63, 3.8) is 0 Å². The van der Waals surface area contributed by atoms with E-state index in [1.54, 1.807) is 0 Å². The van der Waals surface area contributed by atoms with Gasteiger partial charge in [0.05, 0.1) is 11.6 Å². The summed E-state index contributed by atoms with van der Waals surface area (Å²) in [5.41, 5.74) is 2.21. The predicted octanol–water partition coefficient (Wildman–Crippen LogP) is 5.50. The van der Waals surface area contributed by atoms with Crippen LogP contribution in [0.5, 0.6) is 5.75 Å². The Balaban J connectivity index is 1.97. The molecule has 0 radical (unpaired) electrons. The first kappa shape index (κ1) is 15.2. The lowest BCUT2D eigenvalue weighted by Gasteiger charge is -2.10. The van der Waals surface area contributed by atoms with Crippen LogP contribution in [0.15, 0.2) is 46.9 Å². The number of halogens is 2. The third-order valence-electron chi connectivity index (χ3n) is 2.79. The lowest BCUT2D eigenvalue weighted by molar-refractivity contribution is 0.317. The summed E-state index contributed by atoms with van der Waals surface area (Å²) in [6, 6.07) is 13.9. The summed E-state index contributed by atoms with van der Waals surface area (Å²) in [5.74, 6) is 0.897. The van der Waals surface area contributed by atoms with Crippen LogP contribution in [-0.2, 0) is 6.54 Å². The summed E-state index contributed by atoms with van der Waals surface area (Å²) in [4.78, 5) is 0. The van der Waals surface area contributed by atoms with Gasteiger partial charge in [-0.1, -0.05) is 30.7 Å². The van der Waals surface area contributed by atoms with Crippen LogP contribution in [0, 0.1) is 0 Å². The van der Waals surface area contributed by atoms with E-state index < -0.39 is 0 Å². The molecule has 0 spiro atoms. The fourth-order valence-electron chi connectivity index (χ4n) is 1.77. The zero-order valence-electron chi connectivity index (χ0n) is 11.3. The maximum Gasteiger partial charge on any atom is 0.121 e. The Labute approximate surface area is 133 Å². The van der Waals surface area contributed by atoms with Crippen LogP contribution in [0.3, 0.4) is 0 Å². The number of ether oxygens (including phenoxy) is 1. The van der Waals surface area contributed by atoms with E-state index in [0.29, 0.717) is 0 Å².